The Morgan fingerprint density at radius 3 is 0.778 bits per heavy atom. The molecule has 0 unspecified atom stereocenters. The van der Waals surface area contributed by atoms with E-state index >= 15 is 0 Å². The fourth-order valence-electron chi connectivity index (χ4n) is 3.57. The Labute approximate surface area is 211 Å². The van der Waals surface area contributed by atoms with Crippen molar-refractivity contribution in [1.82, 2.24) is 29.9 Å². The maximum absolute atomic E-state index is 4.41. The van der Waals surface area contributed by atoms with Gasteiger partial charge >= 0.3 is 0 Å². The van der Waals surface area contributed by atoms with Crippen molar-refractivity contribution >= 4 is 0 Å². The Hall–Kier alpha value is -4.86. The van der Waals surface area contributed by atoms with Crippen LogP contribution < -0.4 is 0 Å². The van der Waals surface area contributed by atoms with E-state index in [-0.39, 0.29) is 0 Å². The molecule has 0 aliphatic rings. The Kier molecular flexibility index (Phi) is 7.15. The standard InChI is InChI=1S/C30H24N6/c1-19-13-20(2)32-28(31-19)10-7-25-16-26(8-11-29-33-21(3)14-22(4)34-29)18-27(17-25)9-12-30-35-23(5)15-24(6)36-30/h13-18H,1-6H3. The molecule has 6 nitrogen and oxygen atoms in total. The summed E-state index contributed by atoms with van der Waals surface area (Å²) in [7, 11) is 0. The molecule has 0 N–H and O–H groups in total. The second-order valence-corrected chi connectivity index (χ2v) is 8.47. The van der Waals surface area contributed by atoms with E-state index in [0.717, 1.165) is 50.9 Å². The molecule has 36 heavy (non-hydrogen) atoms. The van der Waals surface area contributed by atoms with Crippen molar-refractivity contribution in [2.24, 2.45) is 0 Å². The summed E-state index contributed by atoms with van der Waals surface area (Å²) in [5, 5.41) is 0. The number of aromatic nitrogens is 6. The smallest absolute Gasteiger partial charge is 0.205 e. The van der Waals surface area contributed by atoms with Gasteiger partial charge in [-0.15, -0.1) is 0 Å². The van der Waals surface area contributed by atoms with E-state index in [2.05, 4.69) is 65.4 Å². The summed E-state index contributed by atoms with van der Waals surface area (Å²) in [6.45, 7) is 11.5. The summed E-state index contributed by atoms with van der Waals surface area (Å²) in [6.07, 6.45) is 0. The predicted octanol–water partition coefficient (Wildman–Crippen LogP) is 4.11. The van der Waals surface area contributed by atoms with Gasteiger partial charge in [-0.3, -0.25) is 0 Å². The molecule has 0 saturated carbocycles. The van der Waals surface area contributed by atoms with Crippen LogP contribution in [0.5, 0.6) is 0 Å². The molecule has 3 aromatic heterocycles. The van der Waals surface area contributed by atoms with E-state index < -0.39 is 0 Å². The van der Waals surface area contributed by atoms with Gasteiger partial charge in [0, 0.05) is 50.9 Å². The molecule has 0 aliphatic carbocycles. The average molecular weight is 469 g/mol. The second-order valence-electron chi connectivity index (χ2n) is 8.47. The number of hydrogen-bond acceptors (Lipinski definition) is 6. The second kappa shape index (κ2) is 10.6. The molecule has 0 atom stereocenters. The van der Waals surface area contributed by atoms with Crippen molar-refractivity contribution in [3.05, 3.63) is 105 Å². The fourth-order valence-corrected chi connectivity index (χ4v) is 3.57. The van der Waals surface area contributed by atoms with Gasteiger partial charge in [-0.1, -0.05) is 17.8 Å². The van der Waals surface area contributed by atoms with Gasteiger partial charge in [-0.2, -0.15) is 0 Å². The van der Waals surface area contributed by atoms with E-state index in [1.807, 2.05) is 77.9 Å². The lowest BCUT2D eigenvalue weighted by molar-refractivity contribution is 1.03. The molecule has 0 radical (unpaired) electrons. The predicted molar refractivity (Wildman–Crippen MR) is 139 cm³/mol. The molecular formula is C30H24N6. The zero-order valence-electron chi connectivity index (χ0n) is 21.1. The van der Waals surface area contributed by atoms with Crippen LogP contribution >= 0.6 is 0 Å². The number of hydrogen-bond donors (Lipinski definition) is 0. The quantitative estimate of drug-likeness (QED) is 0.362. The molecule has 1 aromatic carbocycles. The van der Waals surface area contributed by atoms with E-state index in [1.165, 1.54) is 0 Å². The number of benzene rings is 1. The highest BCUT2D eigenvalue weighted by Gasteiger charge is 2.01. The maximum atomic E-state index is 4.41. The summed E-state index contributed by atoms with van der Waals surface area (Å²) in [5.74, 6) is 20.1. The largest absolute Gasteiger partial charge is 0.226 e. The Morgan fingerprint density at radius 1 is 0.333 bits per heavy atom. The van der Waals surface area contributed by atoms with Crippen molar-refractivity contribution < 1.29 is 0 Å². The van der Waals surface area contributed by atoms with Gasteiger partial charge in [-0.05, 0) is 95.7 Å². The third-order valence-corrected chi connectivity index (χ3v) is 4.84. The Morgan fingerprint density at radius 2 is 0.556 bits per heavy atom. The molecule has 0 spiro atoms. The topological polar surface area (TPSA) is 77.3 Å². The van der Waals surface area contributed by atoms with Crippen LogP contribution in [0.4, 0.5) is 0 Å². The summed E-state index contributed by atoms with van der Waals surface area (Å²) in [4.78, 5) is 26.4. The molecule has 0 aliphatic heterocycles. The molecule has 0 amide bonds. The van der Waals surface area contributed by atoms with E-state index in [4.69, 9.17) is 0 Å². The highest BCUT2D eigenvalue weighted by atomic mass is 14.9. The maximum Gasteiger partial charge on any atom is 0.205 e. The van der Waals surface area contributed by atoms with Crippen molar-refractivity contribution in [3.8, 4) is 35.5 Å². The summed E-state index contributed by atoms with van der Waals surface area (Å²) >= 11 is 0. The van der Waals surface area contributed by atoms with Crippen LogP contribution in [-0.4, -0.2) is 29.9 Å². The first-order valence-electron chi connectivity index (χ1n) is 11.4. The van der Waals surface area contributed by atoms with Crippen molar-refractivity contribution in [2.75, 3.05) is 0 Å². The molecule has 4 aromatic rings. The number of rotatable bonds is 0. The zero-order valence-corrected chi connectivity index (χ0v) is 21.1. The van der Waals surface area contributed by atoms with Gasteiger partial charge in [0.15, 0.2) is 0 Å². The van der Waals surface area contributed by atoms with Gasteiger partial charge in [0.2, 0.25) is 17.5 Å². The fraction of sp³-hybridized carbons (Fsp3) is 0.200. The van der Waals surface area contributed by atoms with E-state index in [9.17, 15) is 0 Å². The lowest BCUT2D eigenvalue weighted by Crippen LogP contribution is -1.95. The summed E-state index contributed by atoms with van der Waals surface area (Å²) in [6, 6.07) is 11.5. The number of nitrogens with zero attached hydrogens (tertiary/aromatic N) is 6. The minimum atomic E-state index is 0.476. The van der Waals surface area contributed by atoms with Gasteiger partial charge in [0.05, 0.1) is 0 Å². The highest BCUT2D eigenvalue weighted by Crippen LogP contribution is 2.10. The lowest BCUT2D eigenvalue weighted by atomic mass is 10.1. The molecule has 0 bridgehead atoms. The third-order valence-electron chi connectivity index (χ3n) is 4.84. The molecule has 6 heteroatoms. The van der Waals surface area contributed by atoms with Crippen LogP contribution in [0, 0.1) is 77.1 Å². The summed E-state index contributed by atoms with van der Waals surface area (Å²) < 4.78 is 0. The van der Waals surface area contributed by atoms with Crippen LogP contribution in [0.15, 0.2) is 36.4 Å². The molecule has 4 rings (SSSR count). The minimum absolute atomic E-state index is 0.476. The lowest BCUT2D eigenvalue weighted by Gasteiger charge is -1.99. The SMILES string of the molecule is Cc1cc(C)nc(C#Cc2cc(C#Cc3nc(C)cc(C)n3)cc(C#Cc3nc(C)cc(C)n3)c2)n1. The third kappa shape index (κ3) is 6.83. The van der Waals surface area contributed by atoms with Crippen LogP contribution in [0.1, 0.15) is 68.3 Å². The highest BCUT2D eigenvalue weighted by molar-refractivity contribution is 5.53. The van der Waals surface area contributed by atoms with Gasteiger partial charge in [0.1, 0.15) is 0 Å². The molecule has 0 saturated heterocycles. The van der Waals surface area contributed by atoms with Crippen molar-refractivity contribution in [3.63, 3.8) is 0 Å². The molecule has 3 heterocycles. The first kappa shape index (κ1) is 24.3. The van der Waals surface area contributed by atoms with Crippen molar-refractivity contribution in [2.45, 2.75) is 41.5 Å². The van der Waals surface area contributed by atoms with Crippen LogP contribution in [0.25, 0.3) is 0 Å². The minimum Gasteiger partial charge on any atom is -0.226 e. The normalized spacial score (nSPS) is 9.83. The first-order chi connectivity index (χ1) is 17.2. The Bertz CT molecular complexity index is 1400. The molecule has 0 fully saturated rings. The monoisotopic (exact) mass is 468 g/mol. The number of aryl methyl sites for hydroxylation is 6. The van der Waals surface area contributed by atoms with Crippen molar-refractivity contribution in [1.29, 1.82) is 0 Å². The zero-order chi connectivity index (χ0) is 25.7. The van der Waals surface area contributed by atoms with Crippen LogP contribution in [0.2, 0.25) is 0 Å². The average Bonchev–Trinajstić information content (AvgIpc) is 2.78. The first-order valence-corrected chi connectivity index (χ1v) is 11.4. The Balaban J connectivity index is 1.76. The molecular weight excluding hydrogens is 444 g/mol. The van der Waals surface area contributed by atoms with E-state index in [1.54, 1.807) is 0 Å². The van der Waals surface area contributed by atoms with E-state index in [0.29, 0.717) is 17.5 Å². The van der Waals surface area contributed by atoms with Gasteiger partial charge in [0.25, 0.3) is 0 Å². The molecule has 174 valence electrons. The van der Waals surface area contributed by atoms with Gasteiger partial charge in [-0.25, -0.2) is 29.9 Å². The van der Waals surface area contributed by atoms with Gasteiger partial charge < -0.3 is 0 Å². The summed E-state index contributed by atoms with van der Waals surface area (Å²) in [5.41, 5.74) is 7.49. The van der Waals surface area contributed by atoms with Crippen LogP contribution in [-0.2, 0) is 0 Å². The van der Waals surface area contributed by atoms with Crippen LogP contribution in [0.3, 0.4) is 0 Å².